The predicted octanol–water partition coefficient (Wildman–Crippen LogP) is 4.09. The lowest BCUT2D eigenvalue weighted by Crippen LogP contribution is -2.42. The second kappa shape index (κ2) is 8.44. The number of thioether (sulfide) groups is 1. The molecule has 158 valence electrons. The molecule has 3 aromatic rings. The number of benzene rings is 1. The fourth-order valence-electron chi connectivity index (χ4n) is 3.11. The summed E-state index contributed by atoms with van der Waals surface area (Å²) in [5.41, 5.74) is -0.107. The lowest BCUT2D eigenvalue weighted by atomic mass is 10.1. The molecule has 1 aromatic carbocycles. The maximum absolute atomic E-state index is 13.2. The van der Waals surface area contributed by atoms with Gasteiger partial charge in [0.25, 0.3) is 0 Å². The first-order valence-corrected chi connectivity index (χ1v) is 10.3. The summed E-state index contributed by atoms with van der Waals surface area (Å²) >= 11 is 7.04. The van der Waals surface area contributed by atoms with Crippen molar-refractivity contribution in [2.24, 2.45) is 0 Å². The Kier molecular flexibility index (Phi) is 5.90. The number of carbonyl (C=O) groups is 1. The van der Waals surface area contributed by atoms with Crippen LogP contribution in [0.4, 0.5) is 13.2 Å². The number of ether oxygens (including phenoxy) is 1. The quantitative estimate of drug-likeness (QED) is 0.553. The Bertz CT molecular complexity index is 1060. The molecule has 0 bridgehead atoms. The SMILES string of the molecule is O=C([C@@H](Sc1nnc2c(Cl)cc(C(F)(F)F)cn12)c1ccccc1)N1CCOCC1. The number of pyridine rings is 1. The Morgan fingerprint density at radius 3 is 2.53 bits per heavy atom. The van der Waals surface area contributed by atoms with Gasteiger partial charge in [0.15, 0.2) is 10.8 Å². The average molecular weight is 457 g/mol. The summed E-state index contributed by atoms with van der Waals surface area (Å²) < 4.78 is 46.2. The summed E-state index contributed by atoms with van der Waals surface area (Å²) in [6, 6.07) is 9.84. The highest BCUT2D eigenvalue weighted by molar-refractivity contribution is 8.00. The molecule has 1 atom stereocenters. The lowest BCUT2D eigenvalue weighted by molar-refractivity contribution is -0.138. The van der Waals surface area contributed by atoms with E-state index in [4.69, 9.17) is 16.3 Å². The number of alkyl halides is 3. The Morgan fingerprint density at radius 1 is 1.17 bits per heavy atom. The number of hydrogen-bond donors (Lipinski definition) is 0. The van der Waals surface area contributed by atoms with Crippen LogP contribution in [0.1, 0.15) is 16.4 Å². The van der Waals surface area contributed by atoms with Crippen LogP contribution >= 0.6 is 23.4 Å². The summed E-state index contributed by atoms with van der Waals surface area (Å²) in [4.78, 5) is 14.9. The van der Waals surface area contributed by atoms with Crippen molar-refractivity contribution >= 4 is 34.9 Å². The molecule has 0 unspecified atom stereocenters. The van der Waals surface area contributed by atoms with Crippen LogP contribution < -0.4 is 0 Å². The zero-order chi connectivity index (χ0) is 21.3. The molecule has 1 aliphatic rings. The number of amides is 1. The molecular formula is C19H16ClF3N4O2S. The Morgan fingerprint density at radius 2 is 1.87 bits per heavy atom. The van der Waals surface area contributed by atoms with Crippen LogP contribution in [0.15, 0.2) is 47.8 Å². The number of carbonyl (C=O) groups excluding carboxylic acids is 1. The van der Waals surface area contributed by atoms with Crippen molar-refractivity contribution in [1.82, 2.24) is 19.5 Å². The topological polar surface area (TPSA) is 59.7 Å². The van der Waals surface area contributed by atoms with Crippen molar-refractivity contribution in [3.63, 3.8) is 0 Å². The largest absolute Gasteiger partial charge is 0.417 e. The molecule has 0 saturated carbocycles. The molecule has 30 heavy (non-hydrogen) atoms. The highest BCUT2D eigenvalue weighted by Crippen LogP contribution is 2.38. The summed E-state index contributed by atoms with van der Waals surface area (Å²) in [6.45, 7) is 1.79. The number of rotatable bonds is 4. The van der Waals surface area contributed by atoms with Crippen molar-refractivity contribution in [2.75, 3.05) is 26.3 Å². The maximum Gasteiger partial charge on any atom is 0.417 e. The van der Waals surface area contributed by atoms with Crippen molar-refractivity contribution in [2.45, 2.75) is 16.6 Å². The zero-order valence-corrected chi connectivity index (χ0v) is 17.0. The summed E-state index contributed by atoms with van der Waals surface area (Å²) in [5.74, 6) is -0.163. The number of fused-ring (bicyclic) bond motifs is 1. The number of aromatic nitrogens is 3. The van der Waals surface area contributed by atoms with Crippen LogP contribution in [0.5, 0.6) is 0 Å². The van der Waals surface area contributed by atoms with Crippen LogP contribution in [0, 0.1) is 0 Å². The average Bonchev–Trinajstić information content (AvgIpc) is 3.15. The minimum atomic E-state index is -4.58. The van der Waals surface area contributed by atoms with E-state index in [-0.39, 0.29) is 21.7 Å². The first kappa shape index (κ1) is 21.0. The molecule has 0 N–H and O–H groups in total. The van der Waals surface area contributed by atoms with Gasteiger partial charge in [-0.05, 0) is 11.6 Å². The molecule has 4 rings (SSSR count). The minimum absolute atomic E-state index is 0.0952. The zero-order valence-electron chi connectivity index (χ0n) is 15.5. The van der Waals surface area contributed by atoms with E-state index >= 15 is 0 Å². The van der Waals surface area contributed by atoms with E-state index in [0.717, 1.165) is 24.0 Å². The first-order valence-electron chi connectivity index (χ1n) is 9.04. The van der Waals surface area contributed by atoms with E-state index in [1.807, 2.05) is 6.07 Å². The Hall–Kier alpha value is -2.30. The van der Waals surface area contributed by atoms with E-state index in [1.54, 1.807) is 29.2 Å². The highest BCUT2D eigenvalue weighted by atomic mass is 35.5. The summed E-state index contributed by atoms with van der Waals surface area (Å²) in [5, 5.41) is 7.19. The normalized spacial score (nSPS) is 16.1. The van der Waals surface area contributed by atoms with Gasteiger partial charge in [0.1, 0.15) is 5.25 Å². The third-order valence-electron chi connectivity index (χ3n) is 4.63. The lowest BCUT2D eigenvalue weighted by Gasteiger charge is -2.30. The minimum Gasteiger partial charge on any atom is -0.378 e. The van der Waals surface area contributed by atoms with E-state index in [9.17, 15) is 18.0 Å². The van der Waals surface area contributed by atoms with Gasteiger partial charge in [0.05, 0.1) is 23.8 Å². The summed E-state index contributed by atoms with van der Waals surface area (Å²) in [7, 11) is 0. The molecule has 1 fully saturated rings. The highest BCUT2D eigenvalue weighted by Gasteiger charge is 2.33. The molecule has 0 spiro atoms. The third-order valence-corrected chi connectivity index (χ3v) is 6.11. The van der Waals surface area contributed by atoms with Crippen molar-refractivity contribution in [1.29, 1.82) is 0 Å². The standard InChI is InChI=1S/C19H16ClF3N4O2S/c20-14-10-13(19(21,22)23)11-27-16(14)24-25-18(27)30-15(12-4-2-1-3-5-12)17(28)26-6-8-29-9-7-26/h1-5,10-11,15H,6-9H2/t15-/m0/s1. The van der Waals surface area contributed by atoms with Gasteiger partial charge < -0.3 is 9.64 Å². The number of hydrogen-bond acceptors (Lipinski definition) is 5. The van der Waals surface area contributed by atoms with Crippen LogP contribution in [0.2, 0.25) is 5.02 Å². The van der Waals surface area contributed by atoms with Gasteiger partial charge in [-0.15, -0.1) is 10.2 Å². The van der Waals surface area contributed by atoms with E-state index in [1.165, 1.54) is 4.40 Å². The van der Waals surface area contributed by atoms with Crippen molar-refractivity contribution in [3.8, 4) is 0 Å². The number of nitrogens with zero attached hydrogens (tertiary/aromatic N) is 4. The van der Waals surface area contributed by atoms with E-state index in [2.05, 4.69) is 10.2 Å². The van der Waals surface area contributed by atoms with E-state index < -0.39 is 17.0 Å². The number of halogens is 4. The van der Waals surface area contributed by atoms with Gasteiger partial charge in [-0.3, -0.25) is 9.20 Å². The van der Waals surface area contributed by atoms with Crippen LogP contribution in [-0.4, -0.2) is 51.7 Å². The van der Waals surface area contributed by atoms with Crippen LogP contribution in [-0.2, 0) is 15.7 Å². The summed E-state index contributed by atoms with van der Waals surface area (Å²) in [6.07, 6.45) is -3.68. The Balaban J connectivity index is 1.73. The third kappa shape index (κ3) is 4.26. The second-order valence-electron chi connectivity index (χ2n) is 6.60. The molecule has 1 amide bonds. The molecule has 3 heterocycles. The van der Waals surface area contributed by atoms with Gasteiger partial charge in [-0.1, -0.05) is 53.7 Å². The van der Waals surface area contributed by atoms with Gasteiger partial charge in [0, 0.05) is 19.3 Å². The fourth-order valence-corrected chi connectivity index (χ4v) is 4.45. The predicted molar refractivity (Wildman–Crippen MR) is 105 cm³/mol. The molecule has 0 radical (unpaired) electrons. The molecule has 2 aromatic heterocycles. The monoisotopic (exact) mass is 456 g/mol. The fraction of sp³-hybridized carbons (Fsp3) is 0.316. The first-order chi connectivity index (χ1) is 14.3. The van der Waals surface area contributed by atoms with Gasteiger partial charge in [0.2, 0.25) is 5.91 Å². The molecule has 11 heteroatoms. The molecule has 0 aliphatic carbocycles. The van der Waals surface area contributed by atoms with Crippen LogP contribution in [0.3, 0.4) is 0 Å². The van der Waals surface area contributed by atoms with Crippen LogP contribution in [0.25, 0.3) is 5.65 Å². The van der Waals surface area contributed by atoms with Gasteiger partial charge in [-0.25, -0.2) is 0 Å². The molecular weight excluding hydrogens is 441 g/mol. The molecule has 6 nitrogen and oxygen atoms in total. The smallest absolute Gasteiger partial charge is 0.378 e. The van der Waals surface area contributed by atoms with Gasteiger partial charge in [-0.2, -0.15) is 13.2 Å². The molecule has 1 saturated heterocycles. The van der Waals surface area contributed by atoms with Crippen molar-refractivity contribution < 1.29 is 22.7 Å². The molecule has 1 aliphatic heterocycles. The number of morpholine rings is 1. The van der Waals surface area contributed by atoms with Gasteiger partial charge >= 0.3 is 6.18 Å². The maximum atomic E-state index is 13.2. The van der Waals surface area contributed by atoms with Crippen molar-refractivity contribution in [3.05, 3.63) is 58.7 Å². The van der Waals surface area contributed by atoms with E-state index in [0.29, 0.717) is 31.9 Å². The Labute approximate surface area is 179 Å². The second-order valence-corrected chi connectivity index (χ2v) is 8.08.